The van der Waals surface area contributed by atoms with Crippen LogP contribution in [0.5, 0.6) is 0 Å². The summed E-state index contributed by atoms with van der Waals surface area (Å²) in [5.74, 6) is 1.24. The van der Waals surface area contributed by atoms with Crippen molar-refractivity contribution in [2.24, 2.45) is 0 Å². The Morgan fingerprint density at radius 2 is 2.04 bits per heavy atom. The third-order valence-electron chi connectivity index (χ3n) is 5.47. The van der Waals surface area contributed by atoms with Gasteiger partial charge in [0.1, 0.15) is 5.60 Å². The number of hydrogen-bond donors (Lipinski definition) is 1. The molecule has 2 aliphatic heterocycles. The number of amides is 1. The standard InChI is InChI=1S/C18H32N2O2S/c1-13-10-15(12-23-13)19-14-6-9-20(16(21)22-17(2,3)4)18(11-14)7-5-8-18/h13-15,19H,5-12H2,1-4H3. The Bertz CT molecular complexity index is 445. The zero-order valence-corrected chi connectivity index (χ0v) is 15.9. The molecule has 1 saturated carbocycles. The number of piperidine rings is 1. The molecule has 3 rings (SSSR count). The zero-order chi connectivity index (χ0) is 16.7. The molecule has 0 aromatic heterocycles. The van der Waals surface area contributed by atoms with Crippen molar-refractivity contribution in [1.82, 2.24) is 10.2 Å². The molecule has 0 radical (unpaired) electrons. The number of carbonyl (C=O) groups excluding carboxylic acids is 1. The van der Waals surface area contributed by atoms with Gasteiger partial charge in [-0.25, -0.2) is 4.79 Å². The van der Waals surface area contributed by atoms with Crippen LogP contribution in [0.25, 0.3) is 0 Å². The first-order valence-corrected chi connectivity index (χ1v) is 10.2. The third kappa shape index (κ3) is 3.98. The van der Waals surface area contributed by atoms with E-state index in [4.69, 9.17) is 4.74 Å². The fraction of sp³-hybridized carbons (Fsp3) is 0.944. The van der Waals surface area contributed by atoms with Crippen LogP contribution in [0, 0.1) is 0 Å². The van der Waals surface area contributed by atoms with Crippen molar-refractivity contribution in [3.63, 3.8) is 0 Å². The van der Waals surface area contributed by atoms with Gasteiger partial charge in [-0.05, 0) is 59.3 Å². The minimum atomic E-state index is -0.408. The van der Waals surface area contributed by atoms with Crippen LogP contribution < -0.4 is 5.32 Å². The minimum absolute atomic E-state index is 0.0651. The van der Waals surface area contributed by atoms with Crippen molar-refractivity contribution in [2.75, 3.05) is 12.3 Å². The van der Waals surface area contributed by atoms with Gasteiger partial charge in [-0.15, -0.1) is 0 Å². The Balaban J connectivity index is 1.60. The number of carbonyl (C=O) groups is 1. The molecule has 1 N–H and O–H groups in total. The summed E-state index contributed by atoms with van der Waals surface area (Å²) in [6.45, 7) is 9.01. The Labute approximate surface area is 145 Å². The second-order valence-corrected chi connectivity index (χ2v) is 10.1. The first-order chi connectivity index (χ1) is 10.8. The van der Waals surface area contributed by atoms with E-state index in [2.05, 4.69) is 24.0 Å². The topological polar surface area (TPSA) is 41.6 Å². The van der Waals surface area contributed by atoms with E-state index < -0.39 is 5.60 Å². The summed E-state index contributed by atoms with van der Waals surface area (Å²) in [4.78, 5) is 14.6. The van der Waals surface area contributed by atoms with E-state index in [1.807, 2.05) is 25.7 Å². The number of nitrogens with zero attached hydrogens (tertiary/aromatic N) is 1. The van der Waals surface area contributed by atoms with Crippen LogP contribution in [0.3, 0.4) is 0 Å². The lowest BCUT2D eigenvalue weighted by atomic mass is 9.69. The highest BCUT2D eigenvalue weighted by atomic mass is 32.2. The van der Waals surface area contributed by atoms with E-state index in [0.29, 0.717) is 12.1 Å². The summed E-state index contributed by atoms with van der Waals surface area (Å²) >= 11 is 2.08. The van der Waals surface area contributed by atoms with Crippen LogP contribution in [0.4, 0.5) is 4.79 Å². The highest BCUT2D eigenvalue weighted by Gasteiger charge is 2.50. The van der Waals surface area contributed by atoms with Crippen molar-refractivity contribution in [1.29, 1.82) is 0 Å². The molecular formula is C18H32N2O2S. The summed E-state index contributed by atoms with van der Waals surface area (Å²) < 4.78 is 5.65. The van der Waals surface area contributed by atoms with Gasteiger partial charge >= 0.3 is 6.09 Å². The van der Waals surface area contributed by atoms with Crippen LogP contribution in [0.2, 0.25) is 0 Å². The minimum Gasteiger partial charge on any atom is -0.444 e. The predicted octanol–water partition coefficient (Wildman–Crippen LogP) is 3.79. The number of rotatable bonds is 2. The zero-order valence-electron chi connectivity index (χ0n) is 15.1. The van der Waals surface area contributed by atoms with Gasteiger partial charge in [-0.2, -0.15) is 11.8 Å². The molecular weight excluding hydrogens is 308 g/mol. The van der Waals surface area contributed by atoms with Gasteiger partial charge < -0.3 is 15.0 Å². The SMILES string of the molecule is CC1CC(NC2CCN(C(=O)OC(C)(C)C)C3(CCC3)C2)CS1. The van der Waals surface area contributed by atoms with Crippen molar-refractivity contribution in [2.45, 2.75) is 94.7 Å². The van der Waals surface area contributed by atoms with Crippen molar-refractivity contribution < 1.29 is 9.53 Å². The molecule has 23 heavy (non-hydrogen) atoms. The Kier molecular flexibility index (Phi) is 4.90. The molecule has 5 heteroatoms. The fourth-order valence-electron chi connectivity index (χ4n) is 4.26. The average molecular weight is 341 g/mol. The second-order valence-electron chi connectivity index (χ2n) is 8.64. The lowest BCUT2D eigenvalue weighted by Gasteiger charge is -2.55. The number of nitrogens with one attached hydrogen (secondary N) is 1. The van der Waals surface area contributed by atoms with E-state index >= 15 is 0 Å². The van der Waals surface area contributed by atoms with Gasteiger partial charge in [0, 0.05) is 35.2 Å². The van der Waals surface area contributed by atoms with E-state index in [1.165, 1.54) is 18.6 Å². The van der Waals surface area contributed by atoms with Crippen LogP contribution in [-0.4, -0.2) is 51.8 Å². The van der Waals surface area contributed by atoms with Gasteiger partial charge in [0.15, 0.2) is 0 Å². The molecule has 1 aliphatic carbocycles. The normalized spacial score (nSPS) is 33.6. The summed E-state index contributed by atoms with van der Waals surface area (Å²) in [6.07, 6.45) is 6.84. The molecule has 0 aromatic carbocycles. The molecule has 0 bridgehead atoms. The summed E-state index contributed by atoms with van der Waals surface area (Å²) in [5.41, 5.74) is -0.343. The van der Waals surface area contributed by atoms with E-state index in [9.17, 15) is 4.79 Å². The maximum absolute atomic E-state index is 12.6. The van der Waals surface area contributed by atoms with Gasteiger partial charge in [-0.3, -0.25) is 0 Å². The van der Waals surface area contributed by atoms with E-state index in [0.717, 1.165) is 37.5 Å². The first kappa shape index (κ1) is 17.4. The second kappa shape index (κ2) is 6.47. The van der Waals surface area contributed by atoms with Crippen LogP contribution in [0.1, 0.15) is 66.2 Å². The predicted molar refractivity (Wildman–Crippen MR) is 96.0 cm³/mol. The van der Waals surface area contributed by atoms with Gasteiger partial charge in [0.25, 0.3) is 0 Å². The molecule has 132 valence electrons. The number of likely N-dealkylation sites (tertiary alicyclic amines) is 1. The third-order valence-corrected chi connectivity index (χ3v) is 6.82. The number of thioether (sulfide) groups is 1. The Hall–Kier alpha value is -0.420. The first-order valence-electron chi connectivity index (χ1n) is 9.16. The van der Waals surface area contributed by atoms with Gasteiger partial charge in [0.05, 0.1) is 0 Å². The molecule has 3 atom stereocenters. The van der Waals surface area contributed by atoms with E-state index in [1.54, 1.807) is 0 Å². The van der Waals surface area contributed by atoms with Crippen molar-refractivity contribution in [3.8, 4) is 0 Å². The molecule has 1 amide bonds. The van der Waals surface area contributed by atoms with E-state index in [-0.39, 0.29) is 11.6 Å². The van der Waals surface area contributed by atoms with Crippen LogP contribution in [0.15, 0.2) is 0 Å². The Morgan fingerprint density at radius 1 is 1.30 bits per heavy atom. The summed E-state index contributed by atoms with van der Waals surface area (Å²) in [7, 11) is 0. The number of ether oxygens (including phenoxy) is 1. The quantitative estimate of drug-likeness (QED) is 0.830. The van der Waals surface area contributed by atoms with Crippen LogP contribution >= 0.6 is 11.8 Å². The van der Waals surface area contributed by atoms with Gasteiger partial charge in [-0.1, -0.05) is 6.92 Å². The molecule has 2 heterocycles. The lowest BCUT2D eigenvalue weighted by Crippen LogP contribution is -2.64. The van der Waals surface area contributed by atoms with Crippen molar-refractivity contribution >= 4 is 17.9 Å². The van der Waals surface area contributed by atoms with Gasteiger partial charge in [0.2, 0.25) is 0 Å². The monoisotopic (exact) mass is 340 g/mol. The smallest absolute Gasteiger partial charge is 0.410 e. The molecule has 2 saturated heterocycles. The summed E-state index contributed by atoms with van der Waals surface area (Å²) in [6, 6.07) is 1.22. The molecule has 1 spiro atoms. The van der Waals surface area contributed by atoms with Crippen molar-refractivity contribution in [3.05, 3.63) is 0 Å². The molecule has 4 nitrogen and oxygen atoms in total. The average Bonchev–Trinajstić information content (AvgIpc) is 2.80. The largest absolute Gasteiger partial charge is 0.444 e. The molecule has 3 fully saturated rings. The van der Waals surface area contributed by atoms with Crippen LogP contribution in [-0.2, 0) is 4.74 Å². The number of hydrogen-bond acceptors (Lipinski definition) is 4. The molecule has 0 aromatic rings. The molecule has 3 aliphatic rings. The Morgan fingerprint density at radius 3 is 2.57 bits per heavy atom. The molecule has 3 unspecified atom stereocenters. The lowest BCUT2D eigenvalue weighted by molar-refractivity contribution is -0.0499. The highest BCUT2D eigenvalue weighted by Crippen LogP contribution is 2.45. The summed E-state index contributed by atoms with van der Waals surface area (Å²) in [5, 5.41) is 4.66. The fourth-order valence-corrected chi connectivity index (χ4v) is 5.42. The maximum Gasteiger partial charge on any atom is 0.410 e. The highest BCUT2D eigenvalue weighted by molar-refractivity contribution is 8.00. The maximum atomic E-state index is 12.6.